The minimum Gasteiger partial charge on any atom is -0.487 e. The highest BCUT2D eigenvalue weighted by Gasteiger charge is 2.34. The van der Waals surface area contributed by atoms with Crippen LogP contribution in [0.25, 0.3) is 0 Å². The molecule has 5 nitrogen and oxygen atoms in total. The van der Waals surface area contributed by atoms with E-state index >= 15 is 0 Å². The first-order chi connectivity index (χ1) is 11.2. The third-order valence-electron chi connectivity index (χ3n) is 4.58. The lowest BCUT2D eigenvalue weighted by atomic mass is 9.89. The van der Waals surface area contributed by atoms with Gasteiger partial charge in [-0.05, 0) is 46.2 Å². The van der Waals surface area contributed by atoms with Crippen LogP contribution in [0.4, 0.5) is 0 Å². The number of benzene rings is 1. The van der Waals surface area contributed by atoms with Crippen molar-refractivity contribution < 1.29 is 9.53 Å². The van der Waals surface area contributed by atoms with Crippen LogP contribution in [0.15, 0.2) is 18.2 Å². The molecule has 1 aromatic heterocycles. The van der Waals surface area contributed by atoms with Gasteiger partial charge in [0, 0.05) is 23.2 Å². The molecule has 128 valence electrons. The summed E-state index contributed by atoms with van der Waals surface area (Å²) in [5, 5.41) is 10.3. The van der Waals surface area contributed by atoms with E-state index in [4.69, 9.17) is 4.74 Å². The Bertz CT molecular complexity index is 757. The summed E-state index contributed by atoms with van der Waals surface area (Å²) in [5.41, 5.74) is 4.70. The first-order valence-corrected chi connectivity index (χ1v) is 8.34. The maximum Gasteiger partial charge on any atom is 0.225 e. The van der Waals surface area contributed by atoms with Gasteiger partial charge in [-0.25, -0.2) is 0 Å². The van der Waals surface area contributed by atoms with E-state index in [2.05, 4.69) is 41.5 Å². The third-order valence-corrected chi connectivity index (χ3v) is 4.58. The number of ether oxygens (including phenoxy) is 1. The molecule has 3 rings (SSSR count). The molecule has 1 aromatic carbocycles. The van der Waals surface area contributed by atoms with Crippen LogP contribution in [-0.2, 0) is 11.2 Å². The van der Waals surface area contributed by atoms with Gasteiger partial charge in [0.2, 0.25) is 5.91 Å². The zero-order chi connectivity index (χ0) is 17.5. The number of nitrogens with one attached hydrogen (secondary N) is 2. The van der Waals surface area contributed by atoms with Crippen molar-refractivity contribution in [3.05, 3.63) is 46.3 Å². The van der Waals surface area contributed by atoms with E-state index in [1.807, 2.05) is 26.8 Å². The maximum atomic E-state index is 12.6. The predicted molar refractivity (Wildman–Crippen MR) is 93.2 cm³/mol. The summed E-state index contributed by atoms with van der Waals surface area (Å²) < 4.78 is 6.09. The van der Waals surface area contributed by atoms with E-state index in [0.29, 0.717) is 6.42 Å². The summed E-state index contributed by atoms with van der Waals surface area (Å²) >= 11 is 0. The van der Waals surface area contributed by atoms with Gasteiger partial charge in [0.05, 0.1) is 18.2 Å². The Morgan fingerprint density at radius 1 is 1.38 bits per heavy atom. The highest BCUT2D eigenvalue weighted by Crippen LogP contribution is 2.39. The van der Waals surface area contributed by atoms with Crippen LogP contribution in [-0.4, -0.2) is 21.7 Å². The first kappa shape index (κ1) is 16.6. The fourth-order valence-corrected chi connectivity index (χ4v) is 3.33. The highest BCUT2D eigenvalue weighted by molar-refractivity contribution is 5.79. The molecule has 24 heavy (non-hydrogen) atoms. The van der Waals surface area contributed by atoms with E-state index in [9.17, 15) is 4.79 Å². The lowest BCUT2D eigenvalue weighted by Gasteiger charge is -2.38. The van der Waals surface area contributed by atoms with Gasteiger partial charge in [-0.15, -0.1) is 0 Å². The molecule has 0 saturated heterocycles. The normalized spacial score (nSPS) is 18.6. The predicted octanol–water partition coefficient (Wildman–Crippen LogP) is 3.30. The molecule has 1 aliphatic rings. The summed E-state index contributed by atoms with van der Waals surface area (Å²) in [6.45, 7) is 10.0. The smallest absolute Gasteiger partial charge is 0.225 e. The Labute approximate surface area is 142 Å². The Balaban J connectivity index is 1.81. The fourth-order valence-electron chi connectivity index (χ4n) is 3.33. The van der Waals surface area contributed by atoms with Gasteiger partial charge in [-0.1, -0.05) is 12.1 Å². The van der Waals surface area contributed by atoms with Crippen LogP contribution >= 0.6 is 0 Å². The van der Waals surface area contributed by atoms with E-state index in [-0.39, 0.29) is 17.6 Å². The second-order valence-corrected chi connectivity index (χ2v) is 7.32. The van der Waals surface area contributed by atoms with Gasteiger partial charge in [0.1, 0.15) is 11.4 Å². The van der Waals surface area contributed by atoms with Gasteiger partial charge >= 0.3 is 0 Å². The minimum atomic E-state index is -0.305. The monoisotopic (exact) mass is 327 g/mol. The number of H-pyrrole nitrogens is 1. The molecular weight excluding hydrogens is 302 g/mol. The van der Waals surface area contributed by atoms with E-state index in [0.717, 1.165) is 40.2 Å². The van der Waals surface area contributed by atoms with Crippen molar-refractivity contribution in [2.45, 2.75) is 59.1 Å². The number of nitrogens with zero attached hydrogens (tertiary/aromatic N) is 1. The second-order valence-electron chi connectivity index (χ2n) is 7.32. The lowest BCUT2D eigenvalue weighted by molar-refractivity contribution is -0.121. The van der Waals surface area contributed by atoms with Crippen LogP contribution in [0.5, 0.6) is 5.75 Å². The van der Waals surface area contributed by atoms with Crippen LogP contribution in [0.3, 0.4) is 0 Å². The average Bonchev–Trinajstić information content (AvgIpc) is 2.77. The molecule has 1 aliphatic heterocycles. The molecule has 0 radical (unpaired) electrons. The molecule has 0 fully saturated rings. The molecule has 2 heterocycles. The van der Waals surface area contributed by atoms with Crippen molar-refractivity contribution in [2.75, 3.05) is 0 Å². The molecule has 0 unspecified atom stereocenters. The van der Waals surface area contributed by atoms with Crippen molar-refractivity contribution in [2.24, 2.45) is 0 Å². The van der Waals surface area contributed by atoms with Gasteiger partial charge in [0.15, 0.2) is 0 Å². The van der Waals surface area contributed by atoms with Crippen molar-refractivity contribution >= 4 is 5.91 Å². The highest BCUT2D eigenvalue weighted by atomic mass is 16.5. The molecule has 1 amide bonds. The van der Waals surface area contributed by atoms with Gasteiger partial charge in [0.25, 0.3) is 0 Å². The number of amides is 1. The molecule has 2 aromatic rings. The van der Waals surface area contributed by atoms with E-state index < -0.39 is 0 Å². The number of aromatic nitrogens is 2. The zero-order valence-electron chi connectivity index (χ0n) is 15.0. The third kappa shape index (κ3) is 3.30. The number of carbonyl (C=O) groups excluding carboxylic acids is 1. The van der Waals surface area contributed by atoms with Crippen molar-refractivity contribution in [1.29, 1.82) is 0 Å². The Morgan fingerprint density at radius 2 is 2.12 bits per heavy atom. The number of fused-ring (bicyclic) bond motifs is 1. The van der Waals surface area contributed by atoms with E-state index in [1.54, 1.807) is 0 Å². The number of carbonyl (C=O) groups is 1. The van der Waals surface area contributed by atoms with Crippen molar-refractivity contribution in [3.8, 4) is 5.75 Å². The molecule has 0 saturated carbocycles. The van der Waals surface area contributed by atoms with Gasteiger partial charge in [-0.2, -0.15) is 5.10 Å². The fraction of sp³-hybridized carbons (Fsp3) is 0.474. The van der Waals surface area contributed by atoms with Gasteiger partial charge in [-0.3, -0.25) is 9.89 Å². The number of hydrogen-bond acceptors (Lipinski definition) is 3. The average molecular weight is 327 g/mol. The molecule has 5 heteroatoms. The molecule has 0 aliphatic carbocycles. The minimum absolute atomic E-state index is 0.0109. The molecule has 0 bridgehead atoms. The Hall–Kier alpha value is -2.30. The SMILES string of the molecule is Cc1ccc2c(c1)OC(C)(C)C[C@@H]2NC(=O)Cc1c(C)n[nH]c1C. The zero-order valence-corrected chi connectivity index (χ0v) is 15.0. The summed E-state index contributed by atoms with van der Waals surface area (Å²) in [6.07, 6.45) is 1.09. The maximum absolute atomic E-state index is 12.6. The molecule has 0 spiro atoms. The van der Waals surface area contributed by atoms with Gasteiger partial charge < -0.3 is 10.1 Å². The second kappa shape index (κ2) is 5.96. The number of aryl methyl sites for hydroxylation is 3. The number of hydrogen-bond donors (Lipinski definition) is 2. The summed E-state index contributed by atoms with van der Waals surface area (Å²) in [6, 6.07) is 6.12. The van der Waals surface area contributed by atoms with Crippen LogP contribution < -0.4 is 10.1 Å². The molecule has 1 atom stereocenters. The summed E-state index contributed by atoms with van der Waals surface area (Å²) in [7, 11) is 0. The topological polar surface area (TPSA) is 67.0 Å². The Morgan fingerprint density at radius 3 is 2.79 bits per heavy atom. The molecule has 2 N–H and O–H groups in total. The lowest BCUT2D eigenvalue weighted by Crippen LogP contribution is -2.41. The number of aromatic amines is 1. The summed E-state index contributed by atoms with van der Waals surface area (Å²) in [4.78, 5) is 12.6. The van der Waals surface area contributed by atoms with Crippen molar-refractivity contribution in [1.82, 2.24) is 15.5 Å². The van der Waals surface area contributed by atoms with Crippen molar-refractivity contribution in [3.63, 3.8) is 0 Å². The van der Waals surface area contributed by atoms with Crippen LogP contribution in [0.1, 0.15) is 54.4 Å². The first-order valence-electron chi connectivity index (χ1n) is 8.34. The quantitative estimate of drug-likeness (QED) is 0.909. The summed E-state index contributed by atoms with van der Waals surface area (Å²) in [5.74, 6) is 0.879. The van der Waals surface area contributed by atoms with E-state index in [1.165, 1.54) is 0 Å². The molecular formula is C19H25N3O2. The standard InChI is InChI=1S/C19H25N3O2/c1-11-6-7-14-16(10-19(4,5)24-17(14)8-11)20-18(23)9-15-12(2)21-22-13(15)3/h6-8,16H,9-10H2,1-5H3,(H,20,23)(H,21,22)/t16-/m0/s1. The number of rotatable bonds is 3. The Kier molecular flexibility index (Phi) is 4.11. The largest absolute Gasteiger partial charge is 0.487 e. The van der Waals surface area contributed by atoms with Crippen LogP contribution in [0, 0.1) is 20.8 Å². The van der Waals surface area contributed by atoms with Crippen LogP contribution in [0.2, 0.25) is 0 Å².